The van der Waals surface area contributed by atoms with E-state index >= 15 is 0 Å². The highest BCUT2D eigenvalue weighted by Gasteiger charge is 2.20. The number of carbonyl (C=O) groups excluding carboxylic acids is 3. The lowest BCUT2D eigenvalue weighted by molar-refractivity contribution is -0.127. The van der Waals surface area contributed by atoms with Crippen LogP contribution in [0, 0.1) is 12.7 Å². The first kappa shape index (κ1) is 15.6. The zero-order chi connectivity index (χ0) is 15.3. The summed E-state index contributed by atoms with van der Waals surface area (Å²) in [5, 5.41) is 4.15. The van der Waals surface area contributed by atoms with Crippen LogP contribution in [0.4, 0.5) is 9.18 Å². The molecule has 0 aliphatic rings. The van der Waals surface area contributed by atoms with Gasteiger partial charge >= 0.3 is 12.0 Å². The molecule has 0 aliphatic heterocycles. The molecule has 0 fully saturated rings. The number of hydrogen-bond donors (Lipinski definition) is 2. The summed E-state index contributed by atoms with van der Waals surface area (Å²) in [7, 11) is 1.34. The topological polar surface area (TPSA) is 84.5 Å². The van der Waals surface area contributed by atoms with Crippen LogP contribution in [-0.2, 0) is 9.53 Å². The molecule has 3 amide bonds. The Balaban J connectivity index is 2.67. The molecule has 20 heavy (non-hydrogen) atoms. The summed E-state index contributed by atoms with van der Waals surface area (Å²) in [6.45, 7) is 2.87. The molecule has 1 aromatic rings. The van der Waals surface area contributed by atoms with Gasteiger partial charge in [0.15, 0.2) is 6.10 Å². The van der Waals surface area contributed by atoms with Crippen molar-refractivity contribution in [1.82, 2.24) is 10.6 Å². The Morgan fingerprint density at radius 1 is 1.30 bits per heavy atom. The number of imide groups is 1. The van der Waals surface area contributed by atoms with Gasteiger partial charge in [0.05, 0.1) is 5.56 Å². The molecule has 1 atom stereocenters. The summed E-state index contributed by atoms with van der Waals surface area (Å²) in [6.07, 6.45) is -1.18. The van der Waals surface area contributed by atoms with Crippen molar-refractivity contribution in [2.45, 2.75) is 20.0 Å². The van der Waals surface area contributed by atoms with Gasteiger partial charge in [0.25, 0.3) is 5.91 Å². The summed E-state index contributed by atoms with van der Waals surface area (Å²) in [5.41, 5.74) is 0.389. The van der Waals surface area contributed by atoms with Gasteiger partial charge in [-0.25, -0.2) is 14.0 Å². The van der Waals surface area contributed by atoms with E-state index in [2.05, 4.69) is 5.32 Å². The molecule has 1 rings (SSSR count). The fraction of sp³-hybridized carbons (Fsp3) is 0.308. The van der Waals surface area contributed by atoms with Gasteiger partial charge in [0, 0.05) is 7.05 Å². The number of ether oxygens (including phenoxy) is 1. The van der Waals surface area contributed by atoms with Crippen LogP contribution in [0.2, 0.25) is 0 Å². The molecule has 0 saturated heterocycles. The van der Waals surface area contributed by atoms with Gasteiger partial charge in [-0.3, -0.25) is 10.1 Å². The first-order chi connectivity index (χ1) is 9.35. The number of amides is 3. The predicted molar refractivity (Wildman–Crippen MR) is 68.6 cm³/mol. The van der Waals surface area contributed by atoms with E-state index in [1.54, 1.807) is 6.92 Å². The Hall–Kier alpha value is -2.44. The summed E-state index contributed by atoms with van der Waals surface area (Å²) < 4.78 is 18.2. The van der Waals surface area contributed by atoms with Crippen LogP contribution >= 0.6 is 0 Å². The summed E-state index contributed by atoms with van der Waals surface area (Å²) in [5.74, 6) is -2.16. The number of nitrogens with one attached hydrogen (secondary N) is 2. The van der Waals surface area contributed by atoms with Gasteiger partial charge in [-0.1, -0.05) is 6.07 Å². The van der Waals surface area contributed by atoms with E-state index in [-0.39, 0.29) is 5.56 Å². The van der Waals surface area contributed by atoms with Crippen molar-refractivity contribution < 1.29 is 23.5 Å². The number of urea groups is 1. The minimum Gasteiger partial charge on any atom is -0.449 e. The fourth-order valence-corrected chi connectivity index (χ4v) is 1.28. The van der Waals surface area contributed by atoms with Crippen molar-refractivity contribution in [3.05, 3.63) is 35.1 Å². The van der Waals surface area contributed by atoms with E-state index in [1.807, 2.05) is 5.32 Å². The highest BCUT2D eigenvalue weighted by atomic mass is 19.1. The number of hydrogen-bond acceptors (Lipinski definition) is 4. The van der Waals surface area contributed by atoms with Crippen molar-refractivity contribution in [1.29, 1.82) is 0 Å². The second-order valence-corrected chi connectivity index (χ2v) is 4.08. The van der Waals surface area contributed by atoms with Gasteiger partial charge in [0.1, 0.15) is 5.82 Å². The second-order valence-electron chi connectivity index (χ2n) is 4.08. The van der Waals surface area contributed by atoms with Gasteiger partial charge < -0.3 is 10.1 Å². The van der Waals surface area contributed by atoms with Gasteiger partial charge in [-0.05, 0) is 31.5 Å². The van der Waals surface area contributed by atoms with Crippen LogP contribution in [0.15, 0.2) is 18.2 Å². The molecule has 2 N–H and O–H groups in total. The predicted octanol–water partition coefficient (Wildman–Crippen LogP) is 1.14. The van der Waals surface area contributed by atoms with Crippen LogP contribution in [0.25, 0.3) is 0 Å². The number of rotatable bonds is 3. The molecule has 0 unspecified atom stereocenters. The molecule has 0 spiro atoms. The molecule has 6 nitrogen and oxygen atoms in total. The third-order valence-corrected chi connectivity index (χ3v) is 2.52. The van der Waals surface area contributed by atoms with E-state index in [1.165, 1.54) is 26.1 Å². The van der Waals surface area contributed by atoms with Crippen LogP contribution in [-0.4, -0.2) is 31.1 Å². The van der Waals surface area contributed by atoms with Crippen molar-refractivity contribution in [2.24, 2.45) is 0 Å². The zero-order valence-electron chi connectivity index (χ0n) is 11.3. The molecule has 0 radical (unpaired) electrons. The van der Waals surface area contributed by atoms with E-state index in [0.717, 1.165) is 6.07 Å². The first-order valence-corrected chi connectivity index (χ1v) is 5.85. The van der Waals surface area contributed by atoms with Crippen molar-refractivity contribution in [3.8, 4) is 0 Å². The molecule has 0 heterocycles. The van der Waals surface area contributed by atoms with E-state index in [9.17, 15) is 18.8 Å². The lowest BCUT2D eigenvalue weighted by Gasteiger charge is -2.12. The maximum absolute atomic E-state index is 13.3. The third-order valence-electron chi connectivity index (χ3n) is 2.52. The van der Waals surface area contributed by atoms with Crippen LogP contribution in [0.3, 0.4) is 0 Å². The molecule has 0 bridgehead atoms. The number of carbonyl (C=O) groups is 3. The maximum atomic E-state index is 13.3. The Labute approximate surface area is 115 Å². The fourth-order valence-electron chi connectivity index (χ4n) is 1.28. The highest BCUT2D eigenvalue weighted by Crippen LogP contribution is 2.11. The molecular weight excluding hydrogens is 267 g/mol. The van der Waals surface area contributed by atoms with Gasteiger partial charge in [-0.2, -0.15) is 0 Å². The Kier molecular flexibility index (Phi) is 5.19. The lowest BCUT2D eigenvalue weighted by Crippen LogP contribution is -2.43. The minimum atomic E-state index is -1.18. The van der Waals surface area contributed by atoms with E-state index < -0.39 is 29.8 Å². The van der Waals surface area contributed by atoms with E-state index in [4.69, 9.17) is 4.74 Å². The third kappa shape index (κ3) is 4.04. The summed E-state index contributed by atoms with van der Waals surface area (Å²) in [4.78, 5) is 34.1. The quantitative estimate of drug-likeness (QED) is 0.814. The summed E-state index contributed by atoms with van der Waals surface area (Å²) in [6, 6.07) is 3.14. The number of halogens is 1. The van der Waals surface area contributed by atoms with Crippen LogP contribution in [0.1, 0.15) is 22.8 Å². The molecule has 1 aromatic carbocycles. The molecule has 108 valence electrons. The number of esters is 1. The second kappa shape index (κ2) is 6.65. The first-order valence-electron chi connectivity index (χ1n) is 5.85. The molecule has 0 aromatic heterocycles. The smallest absolute Gasteiger partial charge is 0.339 e. The average Bonchev–Trinajstić information content (AvgIpc) is 2.41. The maximum Gasteiger partial charge on any atom is 0.339 e. The highest BCUT2D eigenvalue weighted by molar-refractivity contribution is 5.98. The number of benzene rings is 1. The van der Waals surface area contributed by atoms with Crippen molar-refractivity contribution in [2.75, 3.05) is 7.05 Å². The average molecular weight is 282 g/mol. The van der Waals surface area contributed by atoms with Crippen LogP contribution < -0.4 is 10.6 Å². The molecule has 0 saturated carbocycles. The monoisotopic (exact) mass is 282 g/mol. The minimum absolute atomic E-state index is 0.00677. The summed E-state index contributed by atoms with van der Waals surface area (Å²) >= 11 is 0. The standard InChI is InChI=1S/C13H15FN2O4/c1-7-4-5-9(6-10(7)14)12(18)20-8(2)11(17)16-13(19)15-3/h4-6,8H,1-3H3,(H2,15,16,17,19)/t8-/m1/s1. The Bertz CT molecular complexity index is 545. The van der Waals surface area contributed by atoms with Gasteiger partial charge in [-0.15, -0.1) is 0 Å². The molecular formula is C13H15FN2O4. The molecule has 7 heteroatoms. The molecule has 0 aliphatic carbocycles. The van der Waals surface area contributed by atoms with Crippen molar-refractivity contribution in [3.63, 3.8) is 0 Å². The lowest BCUT2D eigenvalue weighted by atomic mass is 10.1. The normalized spacial score (nSPS) is 11.4. The van der Waals surface area contributed by atoms with Crippen LogP contribution in [0.5, 0.6) is 0 Å². The Morgan fingerprint density at radius 3 is 2.50 bits per heavy atom. The SMILES string of the molecule is CNC(=O)NC(=O)[C@@H](C)OC(=O)c1ccc(C)c(F)c1. The zero-order valence-corrected chi connectivity index (χ0v) is 11.3. The van der Waals surface area contributed by atoms with Gasteiger partial charge in [0.2, 0.25) is 0 Å². The van der Waals surface area contributed by atoms with Crippen molar-refractivity contribution >= 4 is 17.9 Å². The largest absolute Gasteiger partial charge is 0.449 e. The number of aryl methyl sites for hydroxylation is 1. The Morgan fingerprint density at radius 2 is 1.95 bits per heavy atom. The van der Waals surface area contributed by atoms with E-state index in [0.29, 0.717) is 5.56 Å².